The summed E-state index contributed by atoms with van der Waals surface area (Å²) in [5.74, 6) is -0.147. The Morgan fingerprint density at radius 1 is 1.11 bits per heavy atom. The number of carbonyl (C=O) groups excluding carboxylic acids is 1. The van der Waals surface area contributed by atoms with E-state index in [0.29, 0.717) is 16.9 Å². The first kappa shape index (κ1) is 13.0. The highest BCUT2D eigenvalue weighted by Gasteiger charge is 2.09. The first-order valence-corrected chi connectivity index (χ1v) is 5.94. The van der Waals surface area contributed by atoms with Crippen LogP contribution in [0.4, 0.5) is 11.4 Å². The van der Waals surface area contributed by atoms with Crippen LogP contribution in [0, 0.1) is 13.8 Å². The zero-order chi connectivity index (χ0) is 14.0. The van der Waals surface area contributed by atoms with E-state index < -0.39 is 0 Å². The lowest BCUT2D eigenvalue weighted by molar-refractivity contribution is 0.102. The second-order valence-electron chi connectivity index (χ2n) is 4.60. The number of hydrogen-bond acceptors (Lipinski definition) is 3. The second kappa shape index (κ2) is 5.02. The minimum absolute atomic E-state index is 0.0712. The largest absolute Gasteiger partial charge is 0.508 e. The van der Waals surface area contributed by atoms with Crippen LogP contribution in [0.5, 0.6) is 5.75 Å². The smallest absolute Gasteiger partial charge is 0.255 e. The summed E-state index contributed by atoms with van der Waals surface area (Å²) in [7, 11) is 0. The molecule has 0 heterocycles. The van der Waals surface area contributed by atoms with Crippen molar-refractivity contribution in [3.05, 3.63) is 53.1 Å². The first-order chi connectivity index (χ1) is 8.95. The van der Waals surface area contributed by atoms with E-state index in [2.05, 4.69) is 5.32 Å². The van der Waals surface area contributed by atoms with Gasteiger partial charge in [0.1, 0.15) is 5.75 Å². The average Bonchev–Trinajstić information content (AvgIpc) is 2.31. The molecule has 0 bridgehead atoms. The molecule has 19 heavy (non-hydrogen) atoms. The fourth-order valence-electron chi connectivity index (χ4n) is 1.96. The monoisotopic (exact) mass is 256 g/mol. The summed E-state index contributed by atoms with van der Waals surface area (Å²) in [4.78, 5) is 12.1. The number of carbonyl (C=O) groups is 1. The van der Waals surface area contributed by atoms with E-state index in [1.807, 2.05) is 32.0 Å². The number of amides is 1. The number of hydrogen-bond donors (Lipinski definition) is 3. The third-order valence-corrected chi connectivity index (χ3v) is 2.77. The van der Waals surface area contributed by atoms with Crippen molar-refractivity contribution in [3.63, 3.8) is 0 Å². The van der Waals surface area contributed by atoms with E-state index in [1.165, 1.54) is 12.1 Å². The van der Waals surface area contributed by atoms with Gasteiger partial charge in [-0.1, -0.05) is 17.2 Å². The number of nitrogen functional groups attached to an aromatic ring is 1. The molecular formula is C15H16N2O2. The minimum atomic E-state index is -0.218. The molecule has 0 aliphatic carbocycles. The van der Waals surface area contributed by atoms with Crippen LogP contribution in [-0.2, 0) is 0 Å². The van der Waals surface area contributed by atoms with Crippen molar-refractivity contribution in [2.45, 2.75) is 13.8 Å². The number of anilines is 2. The van der Waals surface area contributed by atoms with E-state index in [1.54, 1.807) is 6.07 Å². The van der Waals surface area contributed by atoms with Gasteiger partial charge in [-0.15, -0.1) is 0 Å². The molecule has 0 atom stereocenters. The molecule has 0 unspecified atom stereocenters. The average molecular weight is 256 g/mol. The van der Waals surface area contributed by atoms with Crippen LogP contribution < -0.4 is 11.1 Å². The molecule has 4 heteroatoms. The van der Waals surface area contributed by atoms with E-state index in [4.69, 9.17) is 5.73 Å². The van der Waals surface area contributed by atoms with Crippen molar-refractivity contribution in [2.75, 3.05) is 11.1 Å². The van der Waals surface area contributed by atoms with Crippen LogP contribution in [-0.4, -0.2) is 11.0 Å². The SMILES string of the molecule is Cc1cc(C)cc(C(=O)Nc2ccc(O)cc2N)c1. The minimum Gasteiger partial charge on any atom is -0.508 e. The normalized spacial score (nSPS) is 10.2. The molecule has 0 saturated carbocycles. The molecule has 0 spiro atoms. The summed E-state index contributed by atoms with van der Waals surface area (Å²) in [5.41, 5.74) is 9.20. The van der Waals surface area contributed by atoms with Crippen molar-refractivity contribution in [1.82, 2.24) is 0 Å². The molecule has 4 nitrogen and oxygen atoms in total. The molecule has 1 amide bonds. The fraction of sp³-hybridized carbons (Fsp3) is 0.133. The topological polar surface area (TPSA) is 75.3 Å². The maximum Gasteiger partial charge on any atom is 0.255 e. The lowest BCUT2D eigenvalue weighted by atomic mass is 10.1. The molecule has 98 valence electrons. The zero-order valence-electron chi connectivity index (χ0n) is 10.9. The number of phenolic OH excluding ortho intramolecular Hbond substituents is 1. The van der Waals surface area contributed by atoms with Gasteiger partial charge in [-0.2, -0.15) is 0 Å². The Morgan fingerprint density at radius 3 is 2.32 bits per heavy atom. The molecule has 0 aromatic heterocycles. The van der Waals surface area contributed by atoms with E-state index in [-0.39, 0.29) is 11.7 Å². The molecule has 0 saturated heterocycles. The van der Waals surface area contributed by atoms with Crippen molar-refractivity contribution in [2.24, 2.45) is 0 Å². The van der Waals surface area contributed by atoms with Gasteiger partial charge >= 0.3 is 0 Å². The van der Waals surface area contributed by atoms with Gasteiger partial charge in [0.25, 0.3) is 5.91 Å². The van der Waals surface area contributed by atoms with Crippen molar-refractivity contribution in [1.29, 1.82) is 0 Å². The summed E-state index contributed by atoms with van der Waals surface area (Å²) in [6, 6.07) is 10.1. The van der Waals surface area contributed by atoms with Gasteiger partial charge in [0.2, 0.25) is 0 Å². The van der Waals surface area contributed by atoms with Crippen molar-refractivity contribution in [3.8, 4) is 5.75 Å². The summed E-state index contributed by atoms with van der Waals surface area (Å²) in [5, 5.41) is 12.0. The molecule has 2 aromatic rings. The fourth-order valence-corrected chi connectivity index (χ4v) is 1.96. The predicted octanol–water partition coefficient (Wildman–Crippen LogP) is 2.84. The van der Waals surface area contributed by atoms with E-state index in [9.17, 15) is 9.90 Å². The quantitative estimate of drug-likeness (QED) is 0.571. The first-order valence-electron chi connectivity index (χ1n) is 5.94. The Morgan fingerprint density at radius 2 is 1.74 bits per heavy atom. The molecule has 2 rings (SSSR count). The number of rotatable bonds is 2. The van der Waals surface area contributed by atoms with Gasteiger partial charge in [0.15, 0.2) is 0 Å². The second-order valence-corrected chi connectivity index (χ2v) is 4.60. The van der Waals surface area contributed by atoms with Gasteiger partial charge in [-0.3, -0.25) is 4.79 Å². The van der Waals surface area contributed by atoms with Gasteiger partial charge in [-0.25, -0.2) is 0 Å². The highest BCUT2D eigenvalue weighted by molar-refractivity contribution is 6.06. The van der Waals surface area contributed by atoms with E-state index in [0.717, 1.165) is 11.1 Å². The van der Waals surface area contributed by atoms with Gasteiger partial charge < -0.3 is 16.2 Å². The highest BCUT2D eigenvalue weighted by atomic mass is 16.3. The lowest BCUT2D eigenvalue weighted by Gasteiger charge is -2.09. The lowest BCUT2D eigenvalue weighted by Crippen LogP contribution is -2.13. The van der Waals surface area contributed by atoms with Crippen molar-refractivity contribution >= 4 is 17.3 Å². The Labute approximate surface area is 111 Å². The summed E-state index contributed by atoms with van der Waals surface area (Å²) < 4.78 is 0. The van der Waals surface area contributed by atoms with Crippen LogP contribution in [0.1, 0.15) is 21.5 Å². The third kappa shape index (κ3) is 3.04. The summed E-state index contributed by atoms with van der Waals surface area (Å²) >= 11 is 0. The Hall–Kier alpha value is -2.49. The molecular weight excluding hydrogens is 240 g/mol. The van der Waals surface area contributed by atoms with Gasteiger partial charge in [0.05, 0.1) is 11.4 Å². The summed E-state index contributed by atoms with van der Waals surface area (Å²) in [6.07, 6.45) is 0. The van der Waals surface area contributed by atoms with Crippen LogP contribution in [0.3, 0.4) is 0 Å². The van der Waals surface area contributed by atoms with Gasteiger partial charge in [0, 0.05) is 11.6 Å². The maximum absolute atomic E-state index is 12.1. The Balaban J connectivity index is 2.25. The molecule has 0 aliphatic rings. The predicted molar refractivity (Wildman–Crippen MR) is 76.4 cm³/mol. The highest BCUT2D eigenvalue weighted by Crippen LogP contribution is 2.24. The Bertz CT molecular complexity index is 616. The standard InChI is InChI=1S/C15H16N2O2/c1-9-5-10(2)7-11(6-9)15(19)17-14-4-3-12(18)8-13(14)16/h3-8,18H,16H2,1-2H3,(H,17,19). The van der Waals surface area contributed by atoms with E-state index >= 15 is 0 Å². The van der Waals surface area contributed by atoms with Crippen LogP contribution in [0.15, 0.2) is 36.4 Å². The zero-order valence-corrected chi connectivity index (χ0v) is 10.9. The number of nitrogens with one attached hydrogen (secondary N) is 1. The number of nitrogens with two attached hydrogens (primary N) is 1. The number of phenols is 1. The Kier molecular flexibility index (Phi) is 3.42. The summed E-state index contributed by atoms with van der Waals surface area (Å²) in [6.45, 7) is 3.89. The van der Waals surface area contributed by atoms with Gasteiger partial charge in [-0.05, 0) is 38.1 Å². The van der Waals surface area contributed by atoms with Crippen LogP contribution in [0.2, 0.25) is 0 Å². The molecule has 0 radical (unpaired) electrons. The number of aromatic hydroxyl groups is 1. The molecule has 2 aromatic carbocycles. The number of aryl methyl sites for hydroxylation is 2. The van der Waals surface area contributed by atoms with Crippen LogP contribution >= 0.6 is 0 Å². The molecule has 4 N–H and O–H groups in total. The van der Waals surface area contributed by atoms with Crippen molar-refractivity contribution < 1.29 is 9.90 Å². The molecule has 0 aliphatic heterocycles. The maximum atomic E-state index is 12.1. The third-order valence-electron chi connectivity index (χ3n) is 2.77. The van der Waals surface area contributed by atoms with Crippen LogP contribution in [0.25, 0.3) is 0 Å². The molecule has 0 fully saturated rings. The number of benzene rings is 2.